The maximum atomic E-state index is 8.86. The number of rotatable bonds is 2. The summed E-state index contributed by atoms with van der Waals surface area (Å²) in [6.07, 6.45) is 2.76. The Morgan fingerprint density at radius 2 is 2.27 bits per heavy atom. The van der Waals surface area contributed by atoms with Crippen LogP contribution in [0.4, 0.5) is 0 Å². The van der Waals surface area contributed by atoms with E-state index in [9.17, 15) is 0 Å². The van der Waals surface area contributed by atoms with Crippen molar-refractivity contribution >= 4 is 15.9 Å². The molecule has 0 aliphatic heterocycles. The van der Waals surface area contributed by atoms with E-state index in [0.717, 1.165) is 15.6 Å². The van der Waals surface area contributed by atoms with Gasteiger partial charge in [-0.05, 0) is 33.1 Å². The number of aliphatic hydroxyl groups is 1. The smallest absolute Gasteiger partial charge is 0.0693 e. The Balaban J connectivity index is 3.20. The highest BCUT2D eigenvalue weighted by molar-refractivity contribution is 9.10. The second-order valence-corrected chi connectivity index (χ2v) is 2.91. The van der Waals surface area contributed by atoms with Gasteiger partial charge in [-0.2, -0.15) is 0 Å². The van der Waals surface area contributed by atoms with Crippen LogP contribution in [0.2, 0.25) is 0 Å². The van der Waals surface area contributed by atoms with Gasteiger partial charge in [0.1, 0.15) is 0 Å². The predicted octanol–water partition coefficient (Wildman–Crippen LogP) is 2.28. The summed E-state index contributed by atoms with van der Waals surface area (Å²) in [6.45, 7) is 3.57. The molecule has 0 aromatic heterocycles. The first kappa shape index (κ1) is 8.50. The third kappa shape index (κ3) is 1.70. The summed E-state index contributed by atoms with van der Waals surface area (Å²) in [5.74, 6) is 0. The Labute approximate surface area is 74.5 Å². The van der Waals surface area contributed by atoms with Crippen LogP contribution in [0.1, 0.15) is 11.1 Å². The zero-order chi connectivity index (χ0) is 8.27. The Bertz CT molecular complexity index is 268. The zero-order valence-electron chi connectivity index (χ0n) is 5.97. The maximum Gasteiger partial charge on any atom is 0.0693 e. The molecule has 0 heterocycles. The minimum atomic E-state index is 0.0378. The topological polar surface area (TPSA) is 20.2 Å². The van der Waals surface area contributed by atoms with E-state index in [4.69, 9.17) is 5.11 Å². The molecule has 57 valence electrons. The summed E-state index contributed by atoms with van der Waals surface area (Å²) in [5.41, 5.74) is 1.75. The lowest BCUT2D eigenvalue weighted by Crippen LogP contribution is -1.87. The third-order valence-electron chi connectivity index (χ3n) is 1.44. The lowest BCUT2D eigenvalue weighted by atomic mass is 10.1. The normalized spacial score (nSPS) is 9.64. The van der Waals surface area contributed by atoms with Crippen LogP contribution < -0.4 is 0 Å². The predicted molar refractivity (Wildman–Crippen MR) is 48.0 cm³/mol. The number of benzene rings is 1. The molecule has 0 bridgehead atoms. The molecule has 1 aromatic carbocycles. The van der Waals surface area contributed by atoms with Crippen molar-refractivity contribution in [2.45, 2.75) is 6.61 Å². The molecular weight excluding hydrogens is 204 g/mol. The van der Waals surface area contributed by atoms with Gasteiger partial charge in [0.2, 0.25) is 0 Å². The molecule has 0 atom stereocenters. The average Bonchev–Trinajstić information content (AvgIpc) is 2.05. The van der Waals surface area contributed by atoms with Crippen LogP contribution in [0, 0.1) is 6.08 Å². The van der Waals surface area contributed by atoms with Gasteiger partial charge in [-0.25, -0.2) is 0 Å². The Morgan fingerprint density at radius 3 is 2.82 bits per heavy atom. The van der Waals surface area contributed by atoms with Crippen LogP contribution in [0.15, 0.2) is 29.3 Å². The fourth-order valence-corrected chi connectivity index (χ4v) is 1.37. The van der Waals surface area contributed by atoms with Crippen LogP contribution in [0.25, 0.3) is 0 Å². The Hall–Kier alpha value is -0.600. The molecule has 1 nitrogen and oxygen atoms in total. The molecule has 0 spiro atoms. The largest absolute Gasteiger partial charge is 0.392 e. The molecular formula is C9H8BrO. The fraction of sp³-hybridized carbons (Fsp3) is 0.111. The molecule has 2 heteroatoms. The van der Waals surface area contributed by atoms with Crippen molar-refractivity contribution < 1.29 is 5.11 Å². The van der Waals surface area contributed by atoms with Gasteiger partial charge in [0.15, 0.2) is 0 Å². The van der Waals surface area contributed by atoms with Gasteiger partial charge in [0, 0.05) is 4.47 Å². The minimum Gasteiger partial charge on any atom is -0.392 e. The summed E-state index contributed by atoms with van der Waals surface area (Å²) in [5, 5.41) is 8.86. The van der Waals surface area contributed by atoms with E-state index in [2.05, 4.69) is 28.6 Å². The monoisotopic (exact) mass is 211 g/mol. The van der Waals surface area contributed by atoms with Gasteiger partial charge < -0.3 is 5.11 Å². The molecule has 1 N–H and O–H groups in total. The van der Waals surface area contributed by atoms with Crippen LogP contribution >= 0.6 is 15.9 Å². The maximum absolute atomic E-state index is 8.86. The number of hydrogen-bond donors (Lipinski definition) is 1. The third-order valence-corrected chi connectivity index (χ3v) is 2.38. The second kappa shape index (κ2) is 3.69. The molecule has 0 saturated heterocycles. The first-order chi connectivity index (χ1) is 5.29. The molecule has 11 heavy (non-hydrogen) atoms. The van der Waals surface area contributed by atoms with E-state index in [-0.39, 0.29) is 6.61 Å². The fourth-order valence-electron chi connectivity index (χ4n) is 0.838. The van der Waals surface area contributed by atoms with Crippen molar-refractivity contribution in [2.24, 2.45) is 0 Å². The molecule has 0 aliphatic carbocycles. The van der Waals surface area contributed by atoms with Gasteiger partial charge in [-0.1, -0.05) is 24.8 Å². The molecule has 0 unspecified atom stereocenters. The second-order valence-electron chi connectivity index (χ2n) is 2.11. The summed E-state index contributed by atoms with van der Waals surface area (Å²) in [7, 11) is 0. The van der Waals surface area contributed by atoms with E-state index in [0.29, 0.717) is 0 Å². The van der Waals surface area contributed by atoms with Gasteiger partial charge in [0.25, 0.3) is 0 Å². The van der Waals surface area contributed by atoms with Gasteiger partial charge >= 0.3 is 0 Å². The molecule has 1 aromatic rings. The van der Waals surface area contributed by atoms with E-state index in [1.54, 1.807) is 0 Å². The molecule has 1 radical (unpaired) electrons. The first-order valence-corrected chi connectivity index (χ1v) is 4.00. The SMILES string of the molecule is C=[C]c1cccc(CO)c1Br. The lowest BCUT2D eigenvalue weighted by molar-refractivity contribution is 0.281. The minimum absolute atomic E-state index is 0.0378. The van der Waals surface area contributed by atoms with Crippen LogP contribution in [-0.4, -0.2) is 5.11 Å². The van der Waals surface area contributed by atoms with Crippen LogP contribution in [-0.2, 0) is 6.61 Å². The van der Waals surface area contributed by atoms with E-state index < -0.39 is 0 Å². The van der Waals surface area contributed by atoms with Gasteiger partial charge in [-0.15, -0.1) is 0 Å². The van der Waals surface area contributed by atoms with Gasteiger partial charge in [0.05, 0.1) is 6.61 Å². The summed E-state index contributed by atoms with van der Waals surface area (Å²) in [6, 6.07) is 5.60. The van der Waals surface area contributed by atoms with Crippen molar-refractivity contribution in [3.8, 4) is 0 Å². The number of hydrogen-bond acceptors (Lipinski definition) is 1. The highest BCUT2D eigenvalue weighted by Gasteiger charge is 2.00. The molecule has 1 rings (SSSR count). The number of aliphatic hydroxyl groups excluding tert-OH is 1. The van der Waals surface area contributed by atoms with Crippen molar-refractivity contribution in [1.82, 2.24) is 0 Å². The lowest BCUT2D eigenvalue weighted by Gasteiger charge is -2.02. The summed E-state index contributed by atoms with van der Waals surface area (Å²) < 4.78 is 0.873. The Morgan fingerprint density at radius 1 is 1.55 bits per heavy atom. The molecule has 0 amide bonds. The summed E-state index contributed by atoms with van der Waals surface area (Å²) in [4.78, 5) is 0. The van der Waals surface area contributed by atoms with Gasteiger partial charge in [-0.3, -0.25) is 0 Å². The van der Waals surface area contributed by atoms with E-state index in [1.165, 1.54) is 0 Å². The zero-order valence-corrected chi connectivity index (χ0v) is 7.56. The average molecular weight is 212 g/mol. The first-order valence-electron chi connectivity index (χ1n) is 3.21. The van der Waals surface area contributed by atoms with Crippen molar-refractivity contribution in [3.63, 3.8) is 0 Å². The highest BCUT2D eigenvalue weighted by Crippen LogP contribution is 2.21. The molecule has 0 saturated carbocycles. The Kier molecular flexibility index (Phi) is 2.85. The van der Waals surface area contributed by atoms with Crippen molar-refractivity contribution in [1.29, 1.82) is 0 Å². The van der Waals surface area contributed by atoms with E-state index >= 15 is 0 Å². The van der Waals surface area contributed by atoms with Crippen molar-refractivity contribution in [2.75, 3.05) is 0 Å². The standard InChI is InChI=1S/C9H8BrO/c1-2-7-4-3-5-8(6-11)9(7)10/h3-5,11H,1,6H2. The van der Waals surface area contributed by atoms with Crippen LogP contribution in [0.5, 0.6) is 0 Å². The van der Waals surface area contributed by atoms with E-state index in [1.807, 2.05) is 18.2 Å². The quantitative estimate of drug-likeness (QED) is 0.797. The molecule has 0 fully saturated rings. The molecule has 0 aliphatic rings. The summed E-state index contributed by atoms with van der Waals surface area (Å²) >= 11 is 3.34. The van der Waals surface area contributed by atoms with Crippen LogP contribution in [0.3, 0.4) is 0 Å². The number of halogens is 1. The highest BCUT2D eigenvalue weighted by atomic mass is 79.9. The van der Waals surface area contributed by atoms with Crippen molar-refractivity contribution in [3.05, 3.63) is 46.5 Å².